The van der Waals surface area contributed by atoms with E-state index < -0.39 is 11.7 Å². The molecule has 0 bridgehead atoms. The third-order valence-corrected chi connectivity index (χ3v) is 7.68. The molecule has 0 spiro atoms. The van der Waals surface area contributed by atoms with Gasteiger partial charge in [0, 0.05) is 54.7 Å². The number of alkyl halides is 3. The number of anilines is 2. The molecule has 4 aromatic rings. The van der Waals surface area contributed by atoms with Crippen molar-refractivity contribution < 1.29 is 18.0 Å². The van der Waals surface area contributed by atoms with Crippen LogP contribution in [-0.4, -0.2) is 59.7 Å². The van der Waals surface area contributed by atoms with Gasteiger partial charge in [-0.1, -0.05) is 5.21 Å². The van der Waals surface area contributed by atoms with Gasteiger partial charge < -0.3 is 10.2 Å². The Morgan fingerprint density at radius 3 is 2.69 bits per heavy atom. The maximum atomic E-state index is 13.4. The molecule has 2 aliphatic heterocycles. The molecule has 1 saturated heterocycles. The van der Waals surface area contributed by atoms with Gasteiger partial charge >= 0.3 is 6.18 Å². The van der Waals surface area contributed by atoms with Gasteiger partial charge in [0.05, 0.1) is 16.8 Å². The lowest BCUT2D eigenvalue weighted by Crippen LogP contribution is -2.50. The Balaban J connectivity index is 1.09. The maximum absolute atomic E-state index is 13.4. The maximum Gasteiger partial charge on any atom is 0.416 e. The first-order valence-corrected chi connectivity index (χ1v) is 12.8. The summed E-state index contributed by atoms with van der Waals surface area (Å²) in [5.41, 5.74) is 4.76. The fourth-order valence-corrected chi connectivity index (χ4v) is 5.54. The quantitative estimate of drug-likeness (QED) is 0.385. The highest BCUT2D eigenvalue weighted by Crippen LogP contribution is 2.32. The van der Waals surface area contributed by atoms with E-state index in [1.54, 1.807) is 12.3 Å². The van der Waals surface area contributed by atoms with E-state index in [0.29, 0.717) is 41.8 Å². The highest BCUT2D eigenvalue weighted by atomic mass is 19.4. The van der Waals surface area contributed by atoms with Crippen molar-refractivity contribution in [1.29, 1.82) is 0 Å². The Hall–Kier alpha value is -4.06. The minimum atomic E-state index is -4.38. The smallest absolute Gasteiger partial charge is 0.336 e. The highest BCUT2D eigenvalue weighted by Gasteiger charge is 2.35. The van der Waals surface area contributed by atoms with Crippen LogP contribution in [0.4, 0.5) is 24.8 Å². The minimum absolute atomic E-state index is 0.0120. The molecule has 0 saturated carbocycles. The van der Waals surface area contributed by atoms with Crippen LogP contribution in [0.1, 0.15) is 52.5 Å². The van der Waals surface area contributed by atoms with Crippen molar-refractivity contribution in [1.82, 2.24) is 35.2 Å². The van der Waals surface area contributed by atoms with Gasteiger partial charge in [0.15, 0.2) is 0 Å². The van der Waals surface area contributed by atoms with E-state index in [0.717, 1.165) is 53.9 Å². The predicted octanol–water partition coefficient (Wildman–Crippen LogP) is 4.83. The van der Waals surface area contributed by atoms with Crippen LogP contribution in [0, 0.1) is 6.92 Å². The molecular formula is C27H27F3N8O. The lowest BCUT2D eigenvalue weighted by atomic mass is 9.95. The fraction of sp³-hybridized carbons (Fsp3) is 0.370. The minimum Gasteiger partial charge on any atom is -0.336 e. The molecule has 2 aromatic carbocycles. The zero-order chi connectivity index (χ0) is 27.3. The van der Waals surface area contributed by atoms with Gasteiger partial charge in [0.2, 0.25) is 5.95 Å². The molecule has 0 unspecified atom stereocenters. The number of benzene rings is 2. The molecule has 2 aliphatic rings. The van der Waals surface area contributed by atoms with Crippen molar-refractivity contribution in [2.75, 3.05) is 11.9 Å². The standard InChI is InChI=1S/C27H27F3N8O/c1-15-9-22-23(35-36-34-22)11-21(15)25(39)38-8-7-20(10-16(38)2)37-13-17-12-31-26(33-24(17)14-37)32-19-5-3-18(4-6-19)27(28,29)30/h3-6,9,11-12,16,20H,7-8,10,13-14H2,1-2H3,(H,31,32,33)(H,34,35,36)/t16-,20-/m1/s1. The SMILES string of the molecule is Cc1cc2[nH]nnc2cc1C(=O)N1CC[C@@H](N2Cc3cnc(Nc4ccc(C(F)(F)F)cc4)nc3C2)C[C@H]1C. The number of piperidine rings is 1. The second kappa shape index (κ2) is 9.60. The van der Waals surface area contributed by atoms with Gasteiger partial charge in [0.25, 0.3) is 5.91 Å². The Labute approximate surface area is 222 Å². The first kappa shape index (κ1) is 25.2. The summed E-state index contributed by atoms with van der Waals surface area (Å²) in [7, 11) is 0. The number of hydrogen-bond donors (Lipinski definition) is 2. The van der Waals surface area contributed by atoms with Crippen LogP contribution in [0.15, 0.2) is 42.6 Å². The van der Waals surface area contributed by atoms with Crippen LogP contribution in [0.2, 0.25) is 0 Å². The third-order valence-electron chi connectivity index (χ3n) is 7.68. The van der Waals surface area contributed by atoms with E-state index in [4.69, 9.17) is 0 Å². The van der Waals surface area contributed by atoms with Crippen molar-refractivity contribution >= 4 is 28.6 Å². The number of aryl methyl sites for hydroxylation is 1. The number of halogens is 3. The van der Waals surface area contributed by atoms with E-state index in [9.17, 15) is 18.0 Å². The molecule has 1 fully saturated rings. The van der Waals surface area contributed by atoms with E-state index in [2.05, 4.69) is 42.5 Å². The van der Waals surface area contributed by atoms with Crippen molar-refractivity contribution in [3.63, 3.8) is 0 Å². The Morgan fingerprint density at radius 2 is 1.95 bits per heavy atom. The molecule has 4 heterocycles. The van der Waals surface area contributed by atoms with Crippen LogP contribution >= 0.6 is 0 Å². The number of carbonyl (C=O) groups is 1. The zero-order valence-electron chi connectivity index (χ0n) is 21.5. The number of aromatic amines is 1. The summed E-state index contributed by atoms with van der Waals surface area (Å²) in [4.78, 5) is 26.7. The molecule has 0 radical (unpaired) electrons. The zero-order valence-corrected chi connectivity index (χ0v) is 21.5. The summed E-state index contributed by atoms with van der Waals surface area (Å²) in [6.45, 7) is 6.05. The molecule has 2 aromatic heterocycles. The first-order chi connectivity index (χ1) is 18.7. The van der Waals surface area contributed by atoms with Crippen molar-refractivity contribution in [3.05, 3.63) is 70.5 Å². The number of amides is 1. The normalized spacial score (nSPS) is 19.9. The number of nitrogens with zero attached hydrogens (tertiary/aromatic N) is 6. The molecule has 202 valence electrons. The Kier molecular flexibility index (Phi) is 6.21. The molecule has 12 heteroatoms. The number of carbonyl (C=O) groups excluding carboxylic acids is 1. The summed E-state index contributed by atoms with van der Waals surface area (Å²) in [6.07, 6.45) is -0.911. The van der Waals surface area contributed by atoms with Crippen molar-refractivity contribution in [2.24, 2.45) is 0 Å². The lowest BCUT2D eigenvalue weighted by molar-refractivity contribution is -0.137. The molecule has 39 heavy (non-hydrogen) atoms. The average molecular weight is 537 g/mol. The van der Waals surface area contributed by atoms with E-state index in [1.165, 1.54) is 12.1 Å². The number of likely N-dealkylation sites (tertiary alicyclic amines) is 1. The van der Waals surface area contributed by atoms with Crippen LogP contribution < -0.4 is 5.32 Å². The second-order valence-electron chi connectivity index (χ2n) is 10.3. The largest absolute Gasteiger partial charge is 0.416 e. The van der Waals surface area contributed by atoms with E-state index in [1.807, 2.05) is 17.9 Å². The van der Waals surface area contributed by atoms with Gasteiger partial charge in [-0.15, -0.1) is 5.10 Å². The van der Waals surface area contributed by atoms with E-state index >= 15 is 0 Å². The summed E-state index contributed by atoms with van der Waals surface area (Å²) >= 11 is 0. The Morgan fingerprint density at radius 1 is 1.15 bits per heavy atom. The molecule has 2 N–H and O–H groups in total. The highest BCUT2D eigenvalue weighted by molar-refractivity contribution is 5.99. The fourth-order valence-electron chi connectivity index (χ4n) is 5.54. The van der Waals surface area contributed by atoms with Crippen molar-refractivity contribution in [2.45, 2.75) is 58.0 Å². The number of fused-ring (bicyclic) bond motifs is 2. The van der Waals surface area contributed by atoms with Gasteiger partial charge in [0.1, 0.15) is 5.52 Å². The second-order valence-corrected chi connectivity index (χ2v) is 10.3. The third kappa shape index (κ3) is 4.91. The Bertz CT molecular complexity index is 1530. The lowest BCUT2D eigenvalue weighted by Gasteiger charge is -2.41. The number of H-pyrrole nitrogens is 1. The number of rotatable bonds is 4. The van der Waals surface area contributed by atoms with Crippen LogP contribution in [0.5, 0.6) is 0 Å². The first-order valence-electron chi connectivity index (χ1n) is 12.8. The molecule has 2 atom stereocenters. The monoisotopic (exact) mass is 536 g/mol. The molecule has 6 rings (SSSR count). The van der Waals surface area contributed by atoms with Crippen LogP contribution in [0.25, 0.3) is 11.0 Å². The average Bonchev–Trinajstić information content (AvgIpc) is 3.54. The predicted molar refractivity (Wildman–Crippen MR) is 138 cm³/mol. The number of nitrogens with one attached hydrogen (secondary N) is 2. The van der Waals surface area contributed by atoms with Crippen molar-refractivity contribution in [3.8, 4) is 0 Å². The summed E-state index contributed by atoms with van der Waals surface area (Å²) < 4.78 is 38.5. The number of hydrogen-bond acceptors (Lipinski definition) is 7. The van der Waals surface area contributed by atoms with Gasteiger partial charge in [-0.25, -0.2) is 9.97 Å². The molecule has 0 aliphatic carbocycles. The summed E-state index contributed by atoms with van der Waals surface area (Å²) in [5.74, 6) is 0.363. The molecular weight excluding hydrogens is 509 g/mol. The molecule has 1 amide bonds. The number of aromatic nitrogens is 5. The van der Waals surface area contributed by atoms with E-state index in [-0.39, 0.29) is 11.9 Å². The van der Waals surface area contributed by atoms with Crippen LogP contribution in [-0.2, 0) is 19.3 Å². The summed E-state index contributed by atoms with van der Waals surface area (Å²) in [5, 5.41) is 13.7. The van der Waals surface area contributed by atoms with Gasteiger partial charge in [-0.2, -0.15) is 13.2 Å². The van der Waals surface area contributed by atoms with Crippen LogP contribution in [0.3, 0.4) is 0 Å². The van der Waals surface area contributed by atoms with Gasteiger partial charge in [-0.05, 0) is 68.7 Å². The van der Waals surface area contributed by atoms with Gasteiger partial charge in [-0.3, -0.25) is 14.8 Å². The molecule has 9 nitrogen and oxygen atoms in total. The topological polar surface area (TPSA) is 103 Å². The summed E-state index contributed by atoms with van der Waals surface area (Å²) in [6, 6.07) is 8.87.